The summed E-state index contributed by atoms with van der Waals surface area (Å²) in [7, 11) is 0. The van der Waals surface area contributed by atoms with Gasteiger partial charge >= 0.3 is 0 Å². The summed E-state index contributed by atoms with van der Waals surface area (Å²) >= 11 is 0. The summed E-state index contributed by atoms with van der Waals surface area (Å²) in [6, 6.07) is 8.18. The molecule has 0 bridgehead atoms. The highest BCUT2D eigenvalue weighted by Gasteiger charge is 2.17. The standard InChI is InChI=1S/C17H26N2/c1-13-10-11-16(18-14-6-2-3-7-14)12-17(13)19-15-8-4-5-9-15/h10-12,14-15,18-19H,2-9H2,1H3. The van der Waals surface area contributed by atoms with Crippen LogP contribution < -0.4 is 10.6 Å². The third-order valence-electron chi connectivity index (χ3n) is 4.68. The van der Waals surface area contributed by atoms with Gasteiger partial charge in [-0.25, -0.2) is 0 Å². The molecule has 3 rings (SSSR count). The highest BCUT2D eigenvalue weighted by molar-refractivity contribution is 5.61. The molecule has 19 heavy (non-hydrogen) atoms. The first-order chi connectivity index (χ1) is 9.31. The zero-order chi connectivity index (χ0) is 13.1. The molecular weight excluding hydrogens is 232 g/mol. The predicted octanol–water partition coefficient (Wildman–Crippen LogP) is 4.70. The van der Waals surface area contributed by atoms with Crippen LogP contribution in [0.3, 0.4) is 0 Å². The van der Waals surface area contributed by atoms with Gasteiger partial charge in [-0.3, -0.25) is 0 Å². The van der Waals surface area contributed by atoms with E-state index in [0.29, 0.717) is 12.1 Å². The summed E-state index contributed by atoms with van der Waals surface area (Å²) in [6.07, 6.45) is 10.9. The van der Waals surface area contributed by atoms with E-state index in [-0.39, 0.29) is 0 Å². The van der Waals surface area contributed by atoms with E-state index in [0.717, 1.165) is 0 Å². The van der Waals surface area contributed by atoms with Gasteiger partial charge in [0.2, 0.25) is 0 Å². The third kappa shape index (κ3) is 3.23. The molecule has 0 aromatic heterocycles. The molecule has 2 fully saturated rings. The molecule has 2 aliphatic rings. The Morgan fingerprint density at radius 3 is 2.05 bits per heavy atom. The molecule has 2 saturated carbocycles. The maximum atomic E-state index is 3.73. The van der Waals surface area contributed by atoms with Gasteiger partial charge in [-0.15, -0.1) is 0 Å². The molecule has 0 heterocycles. The molecule has 0 radical (unpaired) electrons. The monoisotopic (exact) mass is 258 g/mol. The Morgan fingerprint density at radius 2 is 1.42 bits per heavy atom. The number of hydrogen-bond donors (Lipinski definition) is 2. The van der Waals surface area contributed by atoms with Crippen LogP contribution in [0, 0.1) is 6.92 Å². The molecule has 0 aliphatic heterocycles. The first-order valence-electron chi connectivity index (χ1n) is 7.95. The van der Waals surface area contributed by atoms with Crippen LogP contribution in [-0.2, 0) is 0 Å². The van der Waals surface area contributed by atoms with Crippen molar-refractivity contribution in [1.82, 2.24) is 0 Å². The van der Waals surface area contributed by atoms with E-state index in [4.69, 9.17) is 0 Å². The van der Waals surface area contributed by atoms with Gasteiger partial charge in [0.25, 0.3) is 0 Å². The van der Waals surface area contributed by atoms with Gasteiger partial charge in [-0.2, -0.15) is 0 Å². The summed E-state index contributed by atoms with van der Waals surface area (Å²) < 4.78 is 0. The Labute approximate surface area is 117 Å². The van der Waals surface area contributed by atoms with Crippen molar-refractivity contribution in [1.29, 1.82) is 0 Å². The lowest BCUT2D eigenvalue weighted by atomic mass is 10.1. The molecule has 2 N–H and O–H groups in total. The second kappa shape index (κ2) is 5.85. The van der Waals surface area contributed by atoms with Gasteiger partial charge in [-0.1, -0.05) is 31.7 Å². The smallest absolute Gasteiger partial charge is 0.0392 e. The van der Waals surface area contributed by atoms with Crippen molar-refractivity contribution in [2.24, 2.45) is 0 Å². The van der Waals surface area contributed by atoms with Crippen molar-refractivity contribution in [3.05, 3.63) is 23.8 Å². The van der Waals surface area contributed by atoms with E-state index in [9.17, 15) is 0 Å². The van der Waals surface area contributed by atoms with Crippen LogP contribution in [0.4, 0.5) is 11.4 Å². The van der Waals surface area contributed by atoms with E-state index in [1.54, 1.807) is 0 Å². The first-order valence-corrected chi connectivity index (χ1v) is 7.95. The van der Waals surface area contributed by atoms with E-state index in [1.165, 1.54) is 68.3 Å². The average molecular weight is 258 g/mol. The third-order valence-corrected chi connectivity index (χ3v) is 4.68. The summed E-state index contributed by atoms with van der Waals surface area (Å²) in [5, 5.41) is 7.43. The number of aryl methyl sites for hydroxylation is 1. The largest absolute Gasteiger partial charge is 0.382 e. The van der Waals surface area contributed by atoms with Gasteiger partial charge in [0, 0.05) is 23.5 Å². The molecule has 0 amide bonds. The number of hydrogen-bond acceptors (Lipinski definition) is 2. The lowest BCUT2D eigenvalue weighted by Gasteiger charge is -2.19. The zero-order valence-corrected chi connectivity index (χ0v) is 12.0. The SMILES string of the molecule is Cc1ccc(NC2CCCC2)cc1NC1CCCC1. The van der Waals surface area contributed by atoms with E-state index in [2.05, 4.69) is 35.8 Å². The van der Waals surface area contributed by atoms with Crippen LogP contribution in [0.2, 0.25) is 0 Å². The quantitative estimate of drug-likeness (QED) is 0.817. The van der Waals surface area contributed by atoms with Crippen LogP contribution in [0.5, 0.6) is 0 Å². The van der Waals surface area contributed by atoms with Gasteiger partial charge < -0.3 is 10.6 Å². The molecular formula is C17H26N2. The van der Waals surface area contributed by atoms with Crippen LogP contribution >= 0.6 is 0 Å². The Hall–Kier alpha value is -1.18. The second-order valence-corrected chi connectivity index (χ2v) is 6.28. The first kappa shape index (κ1) is 12.8. The fraction of sp³-hybridized carbons (Fsp3) is 0.647. The predicted molar refractivity (Wildman–Crippen MR) is 82.9 cm³/mol. The van der Waals surface area contributed by atoms with Gasteiger partial charge in [0.15, 0.2) is 0 Å². The molecule has 0 atom stereocenters. The number of benzene rings is 1. The van der Waals surface area contributed by atoms with Crippen molar-refractivity contribution in [3.8, 4) is 0 Å². The van der Waals surface area contributed by atoms with Crippen molar-refractivity contribution in [3.63, 3.8) is 0 Å². The maximum Gasteiger partial charge on any atom is 0.0392 e. The summed E-state index contributed by atoms with van der Waals surface area (Å²) in [4.78, 5) is 0. The molecule has 104 valence electrons. The minimum atomic E-state index is 0.695. The fourth-order valence-corrected chi connectivity index (χ4v) is 3.46. The van der Waals surface area contributed by atoms with Crippen molar-refractivity contribution >= 4 is 11.4 Å². The number of anilines is 2. The molecule has 0 spiro atoms. The number of rotatable bonds is 4. The fourth-order valence-electron chi connectivity index (χ4n) is 3.46. The molecule has 0 saturated heterocycles. The van der Waals surface area contributed by atoms with Crippen LogP contribution in [0.1, 0.15) is 56.9 Å². The summed E-state index contributed by atoms with van der Waals surface area (Å²) in [5.74, 6) is 0. The Balaban J connectivity index is 1.67. The Kier molecular flexibility index (Phi) is 3.95. The van der Waals surface area contributed by atoms with E-state index < -0.39 is 0 Å². The molecule has 2 aliphatic carbocycles. The highest BCUT2D eigenvalue weighted by atomic mass is 14.9. The van der Waals surface area contributed by atoms with Gasteiger partial charge in [-0.05, 0) is 50.3 Å². The van der Waals surface area contributed by atoms with Crippen molar-refractivity contribution in [2.75, 3.05) is 10.6 Å². The minimum Gasteiger partial charge on any atom is -0.382 e. The lowest BCUT2D eigenvalue weighted by molar-refractivity contribution is 0.751. The van der Waals surface area contributed by atoms with E-state index in [1.807, 2.05) is 0 Å². The molecule has 2 nitrogen and oxygen atoms in total. The zero-order valence-electron chi connectivity index (χ0n) is 12.0. The second-order valence-electron chi connectivity index (χ2n) is 6.28. The molecule has 0 unspecified atom stereocenters. The highest BCUT2D eigenvalue weighted by Crippen LogP contribution is 2.28. The van der Waals surface area contributed by atoms with Crippen molar-refractivity contribution < 1.29 is 0 Å². The van der Waals surface area contributed by atoms with E-state index >= 15 is 0 Å². The van der Waals surface area contributed by atoms with Crippen LogP contribution in [0.15, 0.2) is 18.2 Å². The van der Waals surface area contributed by atoms with Crippen LogP contribution in [-0.4, -0.2) is 12.1 Å². The summed E-state index contributed by atoms with van der Waals surface area (Å²) in [5.41, 5.74) is 3.98. The van der Waals surface area contributed by atoms with Gasteiger partial charge in [0.1, 0.15) is 0 Å². The molecule has 1 aromatic rings. The minimum absolute atomic E-state index is 0.695. The lowest BCUT2D eigenvalue weighted by Crippen LogP contribution is -2.17. The van der Waals surface area contributed by atoms with Crippen LogP contribution in [0.25, 0.3) is 0 Å². The Bertz CT molecular complexity index is 415. The number of nitrogens with one attached hydrogen (secondary N) is 2. The summed E-state index contributed by atoms with van der Waals surface area (Å²) in [6.45, 7) is 2.20. The van der Waals surface area contributed by atoms with Gasteiger partial charge in [0.05, 0.1) is 0 Å². The maximum absolute atomic E-state index is 3.73. The molecule has 2 heteroatoms. The van der Waals surface area contributed by atoms with Crippen molar-refractivity contribution in [2.45, 2.75) is 70.4 Å². The Morgan fingerprint density at radius 1 is 0.842 bits per heavy atom. The average Bonchev–Trinajstić information content (AvgIpc) is 3.07. The topological polar surface area (TPSA) is 24.1 Å². The molecule has 1 aromatic carbocycles. The normalized spacial score (nSPS) is 20.9.